The molecule has 0 aromatic carbocycles. The van der Waals surface area contributed by atoms with E-state index in [1.54, 1.807) is 17.0 Å². The van der Waals surface area contributed by atoms with Crippen molar-refractivity contribution >= 4 is 11.6 Å². The van der Waals surface area contributed by atoms with Crippen LogP contribution in [0.3, 0.4) is 0 Å². The van der Waals surface area contributed by atoms with E-state index < -0.39 is 0 Å². The van der Waals surface area contributed by atoms with Crippen LogP contribution >= 0.6 is 0 Å². The fourth-order valence-electron chi connectivity index (χ4n) is 2.09. The lowest BCUT2D eigenvalue weighted by Crippen LogP contribution is -2.41. The molecule has 3 N–H and O–H groups in total. The molecule has 1 aromatic heterocycles. The van der Waals surface area contributed by atoms with Gasteiger partial charge in [0.05, 0.1) is 11.9 Å². The van der Waals surface area contributed by atoms with Crippen LogP contribution in [0.1, 0.15) is 23.3 Å². The molecule has 5 nitrogen and oxygen atoms in total. The second-order valence-corrected chi connectivity index (χ2v) is 4.42. The van der Waals surface area contributed by atoms with Crippen molar-refractivity contribution in [3.8, 4) is 0 Å². The van der Waals surface area contributed by atoms with E-state index >= 15 is 0 Å². The predicted octanol–water partition coefficient (Wildman–Crippen LogP) is 0.508. The van der Waals surface area contributed by atoms with Crippen molar-refractivity contribution in [1.29, 1.82) is 0 Å². The minimum Gasteiger partial charge on any atom is -0.397 e. The van der Waals surface area contributed by atoms with Gasteiger partial charge in [0, 0.05) is 19.7 Å². The fraction of sp³-hybridized carbons (Fsp3) is 0.500. The largest absolute Gasteiger partial charge is 0.397 e. The number of carbonyl (C=O) groups is 1. The molecule has 1 saturated heterocycles. The quantitative estimate of drug-likeness (QED) is 0.782. The van der Waals surface area contributed by atoms with Gasteiger partial charge in [-0.2, -0.15) is 0 Å². The number of nitrogens with zero attached hydrogens (tertiary/aromatic N) is 2. The summed E-state index contributed by atoms with van der Waals surface area (Å²) in [6, 6.07) is 3.31. The molecule has 1 aliphatic heterocycles. The van der Waals surface area contributed by atoms with Gasteiger partial charge in [0.2, 0.25) is 0 Å². The van der Waals surface area contributed by atoms with Gasteiger partial charge in [-0.25, -0.2) is 4.98 Å². The zero-order valence-electron chi connectivity index (χ0n) is 9.67. The molecule has 1 unspecified atom stereocenters. The first-order chi connectivity index (χ1) is 8.20. The van der Waals surface area contributed by atoms with Gasteiger partial charge in [-0.3, -0.25) is 4.79 Å². The summed E-state index contributed by atoms with van der Waals surface area (Å²) in [6.07, 6.45) is 3.40. The Kier molecular flexibility index (Phi) is 3.58. The number of anilines is 1. The summed E-state index contributed by atoms with van der Waals surface area (Å²) in [6.45, 7) is 1.49. The van der Waals surface area contributed by atoms with Crippen LogP contribution in [0.15, 0.2) is 18.3 Å². The molecule has 0 spiro atoms. The van der Waals surface area contributed by atoms with E-state index in [1.807, 2.05) is 0 Å². The minimum absolute atomic E-state index is 0.0804. The molecule has 2 rings (SSSR count). The van der Waals surface area contributed by atoms with Crippen molar-refractivity contribution in [1.82, 2.24) is 9.88 Å². The highest BCUT2D eigenvalue weighted by molar-refractivity contribution is 5.92. The molecule has 0 saturated carbocycles. The number of amides is 1. The van der Waals surface area contributed by atoms with E-state index in [9.17, 15) is 4.79 Å². The first kappa shape index (κ1) is 11.9. The molecule has 1 amide bonds. The van der Waals surface area contributed by atoms with Crippen LogP contribution < -0.4 is 5.73 Å². The summed E-state index contributed by atoms with van der Waals surface area (Å²) in [7, 11) is 0. The van der Waals surface area contributed by atoms with E-state index in [1.165, 1.54) is 6.20 Å². The van der Waals surface area contributed by atoms with E-state index in [-0.39, 0.29) is 18.4 Å². The number of carbonyl (C=O) groups excluding carboxylic acids is 1. The zero-order valence-corrected chi connectivity index (χ0v) is 9.67. The highest BCUT2D eigenvalue weighted by Crippen LogP contribution is 2.17. The third-order valence-corrected chi connectivity index (χ3v) is 3.07. The number of rotatable bonds is 2. The van der Waals surface area contributed by atoms with Gasteiger partial charge in [-0.15, -0.1) is 0 Å². The third-order valence-electron chi connectivity index (χ3n) is 3.07. The van der Waals surface area contributed by atoms with Gasteiger partial charge in [0.1, 0.15) is 5.69 Å². The number of hydrogen-bond donors (Lipinski definition) is 2. The average Bonchev–Trinajstić information content (AvgIpc) is 2.39. The van der Waals surface area contributed by atoms with Crippen LogP contribution in [0, 0.1) is 5.92 Å². The number of hydrogen-bond acceptors (Lipinski definition) is 4. The molecule has 5 heteroatoms. The molecular weight excluding hydrogens is 218 g/mol. The van der Waals surface area contributed by atoms with Gasteiger partial charge in [0.15, 0.2) is 0 Å². The first-order valence-corrected chi connectivity index (χ1v) is 5.82. The summed E-state index contributed by atoms with van der Waals surface area (Å²) in [4.78, 5) is 17.9. The number of nitrogen functional groups attached to an aromatic ring is 1. The Balaban J connectivity index is 2.06. The van der Waals surface area contributed by atoms with Crippen molar-refractivity contribution in [2.24, 2.45) is 5.92 Å². The Morgan fingerprint density at radius 1 is 1.59 bits per heavy atom. The Labute approximate surface area is 100 Å². The van der Waals surface area contributed by atoms with Crippen molar-refractivity contribution in [3.63, 3.8) is 0 Å². The van der Waals surface area contributed by atoms with Gasteiger partial charge in [0.25, 0.3) is 5.91 Å². The maximum absolute atomic E-state index is 12.1. The van der Waals surface area contributed by atoms with Crippen molar-refractivity contribution in [2.45, 2.75) is 12.8 Å². The second kappa shape index (κ2) is 5.14. The van der Waals surface area contributed by atoms with Crippen LogP contribution in [0.25, 0.3) is 0 Å². The molecule has 1 aliphatic rings. The maximum atomic E-state index is 12.1. The topological polar surface area (TPSA) is 79.5 Å². The molecule has 0 aliphatic carbocycles. The van der Waals surface area contributed by atoms with Crippen molar-refractivity contribution < 1.29 is 9.90 Å². The summed E-state index contributed by atoms with van der Waals surface area (Å²) in [5.74, 6) is 0.115. The SMILES string of the molecule is Nc1ccc(C(=O)N2CCCC(CO)C2)nc1. The van der Waals surface area contributed by atoms with Gasteiger partial charge < -0.3 is 15.7 Å². The van der Waals surface area contributed by atoms with Crippen LogP contribution in [0.2, 0.25) is 0 Å². The molecular formula is C12H17N3O2. The van der Waals surface area contributed by atoms with E-state index in [0.29, 0.717) is 17.9 Å². The van der Waals surface area contributed by atoms with Crippen LogP contribution in [-0.4, -0.2) is 40.6 Å². The molecule has 0 bridgehead atoms. The van der Waals surface area contributed by atoms with Gasteiger partial charge in [-0.1, -0.05) is 0 Å². The Hall–Kier alpha value is -1.62. The number of likely N-dealkylation sites (tertiary alicyclic amines) is 1. The normalized spacial score (nSPS) is 20.3. The standard InChI is InChI=1S/C12H17N3O2/c13-10-3-4-11(14-6-10)12(17)15-5-1-2-9(7-15)8-16/h3-4,6,9,16H,1-2,5,7-8,13H2. The van der Waals surface area contributed by atoms with Gasteiger partial charge in [-0.05, 0) is 30.9 Å². The number of aromatic nitrogens is 1. The molecule has 1 aromatic rings. The van der Waals surface area contributed by atoms with Crippen molar-refractivity contribution in [2.75, 3.05) is 25.4 Å². The van der Waals surface area contributed by atoms with Gasteiger partial charge >= 0.3 is 0 Å². The second-order valence-electron chi connectivity index (χ2n) is 4.42. The Morgan fingerprint density at radius 2 is 2.41 bits per heavy atom. The summed E-state index contributed by atoms with van der Waals surface area (Å²) in [5.41, 5.74) is 6.49. The molecule has 1 fully saturated rings. The summed E-state index contributed by atoms with van der Waals surface area (Å²) >= 11 is 0. The monoisotopic (exact) mass is 235 g/mol. The van der Waals surface area contributed by atoms with Crippen LogP contribution in [0.4, 0.5) is 5.69 Å². The molecule has 2 heterocycles. The third kappa shape index (κ3) is 2.74. The van der Waals surface area contributed by atoms with Crippen molar-refractivity contribution in [3.05, 3.63) is 24.0 Å². The average molecular weight is 235 g/mol. The van der Waals surface area contributed by atoms with E-state index in [4.69, 9.17) is 10.8 Å². The zero-order chi connectivity index (χ0) is 12.3. The predicted molar refractivity (Wildman–Crippen MR) is 64.4 cm³/mol. The smallest absolute Gasteiger partial charge is 0.272 e. The van der Waals surface area contributed by atoms with E-state index in [0.717, 1.165) is 19.4 Å². The molecule has 0 radical (unpaired) electrons. The highest BCUT2D eigenvalue weighted by Gasteiger charge is 2.24. The molecule has 1 atom stereocenters. The van der Waals surface area contributed by atoms with E-state index in [2.05, 4.69) is 4.98 Å². The number of pyridine rings is 1. The number of nitrogens with two attached hydrogens (primary N) is 1. The summed E-state index contributed by atoms with van der Waals surface area (Å²) < 4.78 is 0. The molecule has 17 heavy (non-hydrogen) atoms. The lowest BCUT2D eigenvalue weighted by atomic mass is 9.99. The lowest BCUT2D eigenvalue weighted by Gasteiger charge is -2.31. The molecule has 92 valence electrons. The van der Waals surface area contributed by atoms with Crippen LogP contribution in [-0.2, 0) is 0 Å². The highest BCUT2D eigenvalue weighted by atomic mass is 16.3. The lowest BCUT2D eigenvalue weighted by molar-refractivity contribution is 0.0615. The Bertz CT molecular complexity index is 391. The minimum atomic E-state index is -0.0804. The fourth-order valence-corrected chi connectivity index (χ4v) is 2.09. The Morgan fingerprint density at radius 3 is 3.06 bits per heavy atom. The number of aliphatic hydroxyl groups excluding tert-OH is 1. The summed E-state index contributed by atoms with van der Waals surface area (Å²) in [5, 5.41) is 9.13. The number of piperidine rings is 1. The van der Waals surface area contributed by atoms with Crippen LogP contribution in [0.5, 0.6) is 0 Å². The first-order valence-electron chi connectivity index (χ1n) is 5.82. The maximum Gasteiger partial charge on any atom is 0.272 e. The number of aliphatic hydroxyl groups is 1.